The molecule has 1 saturated heterocycles. The van der Waals surface area contributed by atoms with E-state index in [-0.39, 0.29) is 0 Å². The molecule has 1 aliphatic rings. The van der Waals surface area contributed by atoms with Gasteiger partial charge in [0.05, 0.1) is 17.6 Å². The zero-order chi connectivity index (χ0) is 25.1. The van der Waals surface area contributed by atoms with Gasteiger partial charge in [-0.2, -0.15) is 5.10 Å². The van der Waals surface area contributed by atoms with Crippen LogP contribution in [0, 0.1) is 27.7 Å². The monoisotopic (exact) mass is 479 g/mol. The number of pyridine rings is 1. The fourth-order valence-corrected chi connectivity index (χ4v) is 4.71. The third kappa shape index (κ3) is 5.30. The number of rotatable bonds is 3. The fourth-order valence-electron chi connectivity index (χ4n) is 4.71. The van der Waals surface area contributed by atoms with E-state index in [4.69, 9.17) is 4.98 Å². The highest BCUT2D eigenvalue weighted by atomic mass is 15.3. The Kier molecular flexibility index (Phi) is 6.80. The summed E-state index contributed by atoms with van der Waals surface area (Å²) in [4.78, 5) is 19.6. The first-order valence-corrected chi connectivity index (χ1v) is 12.5. The van der Waals surface area contributed by atoms with Crippen molar-refractivity contribution < 1.29 is 0 Å². The molecule has 1 aliphatic heterocycles. The number of aromatic amines is 1. The van der Waals surface area contributed by atoms with E-state index >= 15 is 0 Å². The van der Waals surface area contributed by atoms with Crippen molar-refractivity contribution in [3.8, 4) is 11.4 Å². The topological polar surface area (TPSA) is 75.0 Å². The quantitative estimate of drug-likeness (QED) is 0.353. The Labute approximate surface area is 212 Å². The van der Waals surface area contributed by atoms with Gasteiger partial charge in [-0.05, 0) is 64.8 Å². The maximum Gasteiger partial charge on any atom is 0.154 e. The maximum atomic E-state index is 4.92. The van der Waals surface area contributed by atoms with Crippen LogP contribution < -0.4 is 4.90 Å². The van der Waals surface area contributed by atoms with Crippen LogP contribution in [0.25, 0.3) is 17.0 Å². The van der Waals surface area contributed by atoms with Crippen molar-refractivity contribution >= 4 is 11.5 Å². The third-order valence-electron chi connectivity index (χ3n) is 6.59. The summed E-state index contributed by atoms with van der Waals surface area (Å²) in [5.74, 6) is 2.62. The molecule has 5 heterocycles. The lowest BCUT2D eigenvalue weighted by atomic mass is 9.96. The number of aromatic nitrogens is 6. The molecule has 0 atom stereocenters. The number of hydrogen-bond acceptors (Lipinski definition) is 5. The predicted octanol–water partition coefficient (Wildman–Crippen LogP) is 5.82. The molecular formula is C29H33N7. The summed E-state index contributed by atoms with van der Waals surface area (Å²) in [6.45, 7) is 10.2. The number of benzene rings is 1. The van der Waals surface area contributed by atoms with Crippen molar-refractivity contribution in [3.05, 3.63) is 95.3 Å². The highest BCUT2D eigenvalue weighted by Gasteiger charge is 2.23. The van der Waals surface area contributed by atoms with Gasteiger partial charge in [-0.25, -0.2) is 19.5 Å². The molecule has 1 aromatic carbocycles. The van der Waals surface area contributed by atoms with Gasteiger partial charge in [-0.1, -0.05) is 41.5 Å². The highest BCUT2D eigenvalue weighted by molar-refractivity contribution is 5.61. The van der Waals surface area contributed by atoms with Crippen LogP contribution in [0.2, 0.25) is 0 Å². The molecular weight excluding hydrogens is 446 g/mol. The van der Waals surface area contributed by atoms with Crippen molar-refractivity contribution in [2.45, 2.75) is 46.5 Å². The number of nitrogens with one attached hydrogen (secondary N) is 1. The van der Waals surface area contributed by atoms with Gasteiger partial charge in [0.2, 0.25) is 0 Å². The Bertz CT molecular complexity index is 1440. The summed E-state index contributed by atoms with van der Waals surface area (Å²) in [6.07, 6.45) is 5.92. The van der Waals surface area contributed by atoms with Gasteiger partial charge < -0.3 is 9.88 Å². The maximum absolute atomic E-state index is 4.92. The molecule has 0 radical (unpaired) electrons. The molecule has 4 aromatic heterocycles. The molecule has 0 aliphatic carbocycles. The van der Waals surface area contributed by atoms with Crippen LogP contribution in [0.1, 0.15) is 47.1 Å². The van der Waals surface area contributed by atoms with Crippen LogP contribution in [-0.4, -0.2) is 42.6 Å². The first-order chi connectivity index (χ1) is 17.5. The Morgan fingerprint density at radius 3 is 2.25 bits per heavy atom. The fraction of sp³-hybridized carbons (Fsp3) is 0.310. The van der Waals surface area contributed by atoms with Gasteiger partial charge >= 0.3 is 0 Å². The van der Waals surface area contributed by atoms with Crippen LogP contribution in [0.5, 0.6) is 0 Å². The lowest BCUT2D eigenvalue weighted by Gasteiger charge is -2.32. The number of aryl methyl sites for hydroxylation is 4. The molecule has 0 unspecified atom stereocenters. The zero-order valence-electron chi connectivity index (χ0n) is 21.4. The number of nitrogens with zero attached hydrogens (tertiary/aromatic N) is 6. The molecule has 5 aromatic rings. The summed E-state index contributed by atoms with van der Waals surface area (Å²) in [5.41, 5.74) is 7.41. The molecule has 0 spiro atoms. The first-order valence-electron chi connectivity index (χ1n) is 12.5. The normalized spacial score (nSPS) is 14.1. The summed E-state index contributed by atoms with van der Waals surface area (Å²) in [6, 6.07) is 18.6. The molecule has 36 heavy (non-hydrogen) atoms. The van der Waals surface area contributed by atoms with Gasteiger partial charge in [0, 0.05) is 30.9 Å². The van der Waals surface area contributed by atoms with Crippen molar-refractivity contribution in [1.29, 1.82) is 0 Å². The van der Waals surface area contributed by atoms with Gasteiger partial charge in [-0.15, -0.1) is 0 Å². The molecule has 6 rings (SSSR count). The molecule has 0 amide bonds. The SMILES string of the molecule is Cc1ccc2ncc(-c3cccc(N4CCC(c5ncc(C)[nH]5)CC4)n3)n2n1.Cc1cccc(C)c1. The summed E-state index contributed by atoms with van der Waals surface area (Å²) in [7, 11) is 0. The number of H-pyrrole nitrogens is 1. The van der Waals surface area contributed by atoms with Crippen molar-refractivity contribution in [2.75, 3.05) is 18.0 Å². The van der Waals surface area contributed by atoms with Crippen LogP contribution in [0.4, 0.5) is 5.82 Å². The van der Waals surface area contributed by atoms with Crippen molar-refractivity contribution in [3.63, 3.8) is 0 Å². The smallest absolute Gasteiger partial charge is 0.154 e. The number of piperidine rings is 1. The van der Waals surface area contributed by atoms with E-state index in [1.807, 2.05) is 42.0 Å². The third-order valence-corrected chi connectivity index (χ3v) is 6.59. The number of imidazole rings is 2. The molecule has 0 bridgehead atoms. The Balaban J connectivity index is 0.000000286. The average Bonchev–Trinajstić information content (AvgIpc) is 3.50. The Morgan fingerprint density at radius 1 is 0.833 bits per heavy atom. The lowest BCUT2D eigenvalue weighted by molar-refractivity contribution is 0.486. The molecule has 7 heteroatoms. The Hall–Kier alpha value is -4.00. The second-order valence-corrected chi connectivity index (χ2v) is 9.64. The number of hydrogen-bond donors (Lipinski definition) is 1. The minimum atomic E-state index is 0.499. The van der Waals surface area contributed by atoms with E-state index in [9.17, 15) is 0 Å². The van der Waals surface area contributed by atoms with Crippen LogP contribution in [-0.2, 0) is 0 Å². The number of anilines is 1. The first kappa shape index (κ1) is 23.7. The van der Waals surface area contributed by atoms with E-state index in [1.54, 1.807) is 0 Å². The number of fused-ring (bicyclic) bond motifs is 1. The molecule has 184 valence electrons. The minimum Gasteiger partial charge on any atom is -0.357 e. The predicted molar refractivity (Wildman–Crippen MR) is 144 cm³/mol. The molecule has 7 nitrogen and oxygen atoms in total. The second-order valence-electron chi connectivity index (χ2n) is 9.64. The van der Waals surface area contributed by atoms with E-state index in [2.05, 4.69) is 82.1 Å². The molecule has 0 saturated carbocycles. The van der Waals surface area contributed by atoms with Crippen LogP contribution >= 0.6 is 0 Å². The standard InChI is InChI=1S/C21H23N7.C8H10/c1-14-6-7-19-22-13-18(28(19)26-14)17-4-3-5-20(25-17)27-10-8-16(9-11-27)21-23-12-15(2)24-21;1-7-4-3-5-8(2)6-7/h3-7,12-13,16H,8-11H2,1-2H3,(H,23,24);3-6H,1-2H3. The van der Waals surface area contributed by atoms with Gasteiger partial charge in [-0.3, -0.25) is 0 Å². The highest BCUT2D eigenvalue weighted by Crippen LogP contribution is 2.29. The average molecular weight is 480 g/mol. The molecule has 1 N–H and O–H groups in total. The minimum absolute atomic E-state index is 0.499. The zero-order valence-corrected chi connectivity index (χ0v) is 21.4. The van der Waals surface area contributed by atoms with Gasteiger partial charge in [0.15, 0.2) is 5.65 Å². The van der Waals surface area contributed by atoms with Gasteiger partial charge in [0.1, 0.15) is 17.3 Å². The van der Waals surface area contributed by atoms with Crippen molar-refractivity contribution in [1.82, 2.24) is 29.5 Å². The van der Waals surface area contributed by atoms with Crippen LogP contribution in [0.15, 0.2) is 67.0 Å². The molecule has 1 fully saturated rings. The lowest BCUT2D eigenvalue weighted by Crippen LogP contribution is -2.33. The summed E-state index contributed by atoms with van der Waals surface area (Å²) < 4.78 is 1.87. The van der Waals surface area contributed by atoms with E-state index in [0.29, 0.717) is 5.92 Å². The second kappa shape index (κ2) is 10.3. The Morgan fingerprint density at radius 2 is 1.58 bits per heavy atom. The van der Waals surface area contributed by atoms with E-state index < -0.39 is 0 Å². The summed E-state index contributed by atoms with van der Waals surface area (Å²) in [5, 5.41) is 4.59. The van der Waals surface area contributed by atoms with Crippen LogP contribution in [0.3, 0.4) is 0 Å². The van der Waals surface area contributed by atoms with E-state index in [1.165, 1.54) is 11.1 Å². The van der Waals surface area contributed by atoms with Gasteiger partial charge in [0.25, 0.3) is 0 Å². The largest absolute Gasteiger partial charge is 0.357 e. The van der Waals surface area contributed by atoms with E-state index in [0.717, 1.165) is 66.0 Å². The summed E-state index contributed by atoms with van der Waals surface area (Å²) >= 11 is 0. The van der Waals surface area contributed by atoms with Crippen molar-refractivity contribution in [2.24, 2.45) is 0 Å².